The Balaban J connectivity index is 2.28. The first kappa shape index (κ1) is 12.1. The van der Waals surface area contributed by atoms with E-state index in [0.29, 0.717) is 5.82 Å². The molecule has 94 valence electrons. The van der Waals surface area contributed by atoms with E-state index in [1.807, 2.05) is 18.7 Å². The molecular formula is C12H19N3O2. The van der Waals surface area contributed by atoms with Gasteiger partial charge in [-0.1, -0.05) is 0 Å². The summed E-state index contributed by atoms with van der Waals surface area (Å²) >= 11 is 0. The number of hydrogen-bond acceptors (Lipinski definition) is 4. The Morgan fingerprint density at radius 3 is 2.94 bits per heavy atom. The van der Waals surface area contributed by atoms with Gasteiger partial charge in [-0.05, 0) is 20.3 Å². The quantitative estimate of drug-likeness (QED) is 0.838. The molecule has 5 nitrogen and oxygen atoms in total. The van der Waals surface area contributed by atoms with Crippen molar-refractivity contribution in [1.29, 1.82) is 0 Å². The second kappa shape index (κ2) is 4.87. The monoisotopic (exact) mass is 237 g/mol. The van der Waals surface area contributed by atoms with Crippen LogP contribution in [-0.4, -0.2) is 34.4 Å². The fraction of sp³-hybridized carbons (Fsp3) is 0.667. The minimum Gasteiger partial charge on any atom is -0.396 e. The standard InChI is InChI=1S/C12H19N3O2/c1-9(2)15-6-4-13-11(12(15)17)14-5-3-10(7-14)8-16/h4,6,9-10,16H,3,5,7-8H2,1-2H3. The fourth-order valence-electron chi connectivity index (χ4n) is 2.21. The van der Waals surface area contributed by atoms with Crippen molar-refractivity contribution in [3.8, 4) is 0 Å². The molecule has 1 aliphatic heterocycles. The van der Waals surface area contributed by atoms with Crippen LogP contribution in [0.1, 0.15) is 26.3 Å². The second-order valence-corrected chi connectivity index (χ2v) is 4.84. The minimum absolute atomic E-state index is 0.0407. The van der Waals surface area contributed by atoms with Crippen molar-refractivity contribution < 1.29 is 5.11 Å². The highest BCUT2D eigenvalue weighted by Gasteiger charge is 2.25. The molecule has 5 heteroatoms. The molecule has 0 saturated carbocycles. The molecule has 2 heterocycles. The largest absolute Gasteiger partial charge is 0.396 e. The normalized spacial score (nSPS) is 20.2. The summed E-state index contributed by atoms with van der Waals surface area (Å²) in [5, 5.41) is 9.11. The summed E-state index contributed by atoms with van der Waals surface area (Å²) in [4.78, 5) is 18.3. The van der Waals surface area contributed by atoms with Crippen LogP contribution < -0.4 is 10.5 Å². The van der Waals surface area contributed by atoms with Gasteiger partial charge in [0, 0.05) is 44.0 Å². The molecule has 1 saturated heterocycles. The highest BCUT2D eigenvalue weighted by Crippen LogP contribution is 2.19. The Morgan fingerprint density at radius 2 is 2.35 bits per heavy atom. The molecule has 1 atom stereocenters. The SMILES string of the molecule is CC(C)n1ccnc(N2CCC(CO)C2)c1=O. The van der Waals surface area contributed by atoms with Crippen LogP contribution in [0.15, 0.2) is 17.2 Å². The van der Waals surface area contributed by atoms with E-state index in [4.69, 9.17) is 5.11 Å². The van der Waals surface area contributed by atoms with Crippen molar-refractivity contribution in [2.45, 2.75) is 26.3 Å². The number of nitrogens with zero attached hydrogens (tertiary/aromatic N) is 3. The number of aliphatic hydroxyl groups is 1. The zero-order valence-corrected chi connectivity index (χ0v) is 10.3. The van der Waals surface area contributed by atoms with Crippen LogP contribution in [0.4, 0.5) is 5.82 Å². The van der Waals surface area contributed by atoms with Gasteiger partial charge in [0.25, 0.3) is 5.56 Å². The van der Waals surface area contributed by atoms with Gasteiger partial charge < -0.3 is 14.6 Å². The third-order valence-corrected chi connectivity index (χ3v) is 3.25. The second-order valence-electron chi connectivity index (χ2n) is 4.84. The molecule has 0 bridgehead atoms. The lowest BCUT2D eigenvalue weighted by Gasteiger charge is -2.18. The maximum Gasteiger partial charge on any atom is 0.293 e. The van der Waals surface area contributed by atoms with Crippen LogP contribution in [0, 0.1) is 5.92 Å². The molecule has 0 amide bonds. The molecule has 0 radical (unpaired) electrons. The van der Waals surface area contributed by atoms with Gasteiger partial charge in [-0.25, -0.2) is 4.98 Å². The van der Waals surface area contributed by atoms with Crippen LogP contribution in [0.5, 0.6) is 0 Å². The highest BCUT2D eigenvalue weighted by atomic mass is 16.3. The van der Waals surface area contributed by atoms with Gasteiger partial charge in [0.15, 0.2) is 5.82 Å². The van der Waals surface area contributed by atoms with Crippen LogP contribution in [0.3, 0.4) is 0 Å². The number of aliphatic hydroxyl groups excluding tert-OH is 1. The lowest BCUT2D eigenvalue weighted by molar-refractivity contribution is 0.238. The Hall–Kier alpha value is -1.36. The van der Waals surface area contributed by atoms with Gasteiger partial charge in [0.05, 0.1) is 0 Å². The first-order valence-corrected chi connectivity index (χ1v) is 6.06. The van der Waals surface area contributed by atoms with Crippen LogP contribution in [-0.2, 0) is 0 Å². The zero-order chi connectivity index (χ0) is 12.4. The first-order valence-electron chi connectivity index (χ1n) is 6.06. The van der Waals surface area contributed by atoms with Gasteiger partial charge in [0.1, 0.15) is 0 Å². The predicted octanol–water partition coefficient (Wildman–Crippen LogP) is 0.643. The zero-order valence-electron chi connectivity index (χ0n) is 10.3. The summed E-state index contributed by atoms with van der Waals surface area (Å²) in [6.45, 7) is 5.66. The van der Waals surface area contributed by atoms with E-state index in [9.17, 15) is 4.79 Å². The van der Waals surface area contributed by atoms with Gasteiger partial charge in [-0.3, -0.25) is 4.79 Å². The van der Waals surface area contributed by atoms with E-state index < -0.39 is 0 Å². The van der Waals surface area contributed by atoms with E-state index in [2.05, 4.69) is 4.98 Å². The third-order valence-electron chi connectivity index (χ3n) is 3.25. The molecule has 1 unspecified atom stereocenters. The van der Waals surface area contributed by atoms with E-state index in [1.165, 1.54) is 0 Å². The van der Waals surface area contributed by atoms with Gasteiger partial charge in [-0.15, -0.1) is 0 Å². The lowest BCUT2D eigenvalue weighted by atomic mass is 10.1. The van der Waals surface area contributed by atoms with Gasteiger partial charge in [-0.2, -0.15) is 0 Å². The lowest BCUT2D eigenvalue weighted by Crippen LogP contribution is -2.32. The summed E-state index contributed by atoms with van der Waals surface area (Å²) in [6.07, 6.45) is 4.31. The van der Waals surface area contributed by atoms with Crippen LogP contribution in [0.25, 0.3) is 0 Å². The summed E-state index contributed by atoms with van der Waals surface area (Å²) in [7, 11) is 0. The molecule has 0 aliphatic carbocycles. The Labute approximate surface area is 101 Å². The summed E-state index contributed by atoms with van der Waals surface area (Å²) in [5.41, 5.74) is -0.0407. The van der Waals surface area contributed by atoms with Crippen molar-refractivity contribution in [3.63, 3.8) is 0 Å². The van der Waals surface area contributed by atoms with Crippen molar-refractivity contribution in [3.05, 3.63) is 22.7 Å². The van der Waals surface area contributed by atoms with Crippen molar-refractivity contribution >= 4 is 5.82 Å². The van der Waals surface area contributed by atoms with Crippen LogP contribution in [0.2, 0.25) is 0 Å². The Morgan fingerprint density at radius 1 is 1.59 bits per heavy atom. The summed E-state index contributed by atoms with van der Waals surface area (Å²) < 4.78 is 1.69. The average Bonchev–Trinajstić information content (AvgIpc) is 2.77. The molecule has 1 aromatic heterocycles. The Kier molecular flexibility index (Phi) is 3.47. The number of anilines is 1. The first-order chi connectivity index (χ1) is 8.13. The average molecular weight is 237 g/mol. The maximum atomic E-state index is 12.2. The fourth-order valence-corrected chi connectivity index (χ4v) is 2.21. The molecule has 1 aromatic rings. The highest BCUT2D eigenvalue weighted by molar-refractivity contribution is 5.37. The maximum absolute atomic E-state index is 12.2. The van der Waals surface area contributed by atoms with E-state index in [-0.39, 0.29) is 24.1 Å². The van der Waals surface area contributed by atoms with E-state index >= 15 is 0 Å². The van der Waals surface area contributed by atoms with E-state index in [1.54, 1.807) is 17.0 Å². The molecule has 2 rings (SSSR count). The number of rotatable bonds is 3. The molecule has 1 fully saturated rings. The summed E-state index contributed by atoms with van der Waals surface area (Å²) in [6, 6.07) is 0.139. The minimum atomic E-state index is -0.0407. The van der Waals surface area contributed by atoms with Gasteiger partial charge >= 0.3 is 0 Å². The summed E-state index contributed by atoms with van der Waals surface area (Å²) in [5.74, 6) is 0.779. The smallest absolute Gasteiger partial charge is 0.293 e. The Bertz CT molecular complexity index is 442. The topological polar surface area (TPSA) is 58.4 Å². The molecule has 1 aliphatic rings. The van der Waals surface area contributed by atoms with Crippen molar-refractivity contribution in [2.75, 3.05) is 24.6 Å². The number of hydrogen-bond donors (Lipinski definition) is 1. The van der Waals surface area contributed by atoms with Crippen molar-refractivity contribution in [2.24, 2.45) is 5.92 Å². The van der Waals surface area contributed by atoms with E-state index in [0.717, 1.165) is 19.5 Å². The molecule has 1 N–H and O–H groups in total. The predicted molar refractivity (Wildman–Crippen MR) is 66.3 cm³/mol. The van der Waals surface area contributed by atoms with Gasteiger partial charge in [0.2, 0.25) is 0 Å². The molecular weight excluding hydrogens is 218 g/mol. The molecule has 0 spiro atoms. The third kappa shape index (κ3) is 2.34. The van der Waals surface area contributed by atoms with Crippen LogP contribution >= 0.6 is 0 Å². The molecule has 0 aromatic carbocycles. The van der Waals surface area contributed by atoms with Crippen molar-refractivity contribution in [1.82, 2.24) is 9.55 Å². The molecule has 17 heavy (non-hydrogen) atoms. The number of aromatic nitrogens is 2.